The first-order chi connectivity index (χ1) is 1.73. The molecule has 0 aliphatic heterocycles. The van der Waals surface area contributed by atoms with Crippen LogP contribution in [0.4, 0.5) is 0 Å². The first-order valence-corrected chi connectivity index (χ1v) is 0.908. The van der Waals surface area contributed by atoms with Crippen molar-refractivity contribution in [1.29, 1.82) is 0 Å². The molecule has 4 heteroatoms. The van der Waals surface area contributed by atoms with E-state index in [0.29, 0.717) is 0 Å². The van der Waals surface area contributed by atoms with E-state index in [0.717, 1.165) is 6.92 Å². The fourth-order valence-corrected chi connectivity index (χ4v) is 0. The second-order valence-corrected chi connectivity index (χ2v) is 0.492. The Hall–Kier alpha value is -0.0375. The van der Waals surface area contributed by atoms with Crippen molar-refractivity contribution in [2.45, 2.75) is 6.92 Å². The van der Waals surface area contributed by atoms with Gasteiger partial charge in [0.2, 0.25) is 0 Å². The van der Waals surface area contributed by atoms with E-state index in [1.807, 2.05) is 0 Å². The smallest absolute Gasteiger partial charge is 2.00 e. The predicted octanol–water partition coefficient (Wildman–Crippen LogP) is -1.37. The van der Waals surface area contributed by atoms with Crippen molar-refractivity contribution in [2.24, 2.45) is 0 Å². The number of hydrogen-bond acceptors (Lipinski definition) is 2. The van der Waals surface area contributed by atoms with Crippen molar-refractivity contribution in [3.63, 3.8) is 0 Å². The fraction of sp³-hybridized carbons (Fsp3) is 0.500. The molecule has 6 heavy (non-hydrogen) atoms. The summed E-state index contributed by atoms with van der Waals surface area (Å²) in [6.07, 6.45) is 0. The van der Waals surface area contributed by atoms with E-state index in [1.165, 1.54) is 0 Å². The summed E-state index contributed by atoms with van der Waals surface area (Å²) in [6.45, 7) is 0.972. The maximum Gasteiger partial charge on any atom is 6.00 e. The summed E-state index contributed by atoms with van der Waals surface area (Å²) >= 11 is 0. The molecule has 0 rings (SSSR count). The predicted molar refractivity (Wildman–Crippen MR) is 11.4 cm³/mol. The van der Waals surface area contributed by atoms with E-state index in [4.69, 9.17) is 9.90 Å². The van der Waals surface area contributed by atoms with Crippen molar-refractivity contribution in [1.82, 2.24) is 0 Å². The number of hydrogen-bond donors (Lipinski definition) is 0. The third-order valence-corrected chi connectivity index (χ3v) is 0. The van der Waals surface area contributed by atoms with Crippen LogP contribution in [0.2, 0.25) is 0 Å². The Labute approximate surface area is 46.4 Å². The maximum absolute atomic E-state index is 8.89. The molecule has 0 aromatic heterocycles. The number of rotatable bonds is 0. The van der Waals surface area contributed by atoms with E-state index in [1.54, 1.807) is 0 Å². The van der Waals surface area contributed by atoms with Crippen LogP contribution in [0.25, 0.3) is 0 Å². The first-order valence-electron chi connectivity index (χ1n) is 0.908. The molecule has 0 aromatic rings. The van der Waals surface area contributed by atoms with Gasteiger partial charge in [0, 0.05) is 5.97 Å². The quantitative estimate of drug-likeness (QED) is 0.403. The molecule has 0 saturated carbocycles. The van der Waals surface area contributed by atoms with Crippen molar-refractivity contribution in [2.75, 3.05) is 0 Å². The largest absolute Gasteiger partial charge is 6.00 e. The number of carbonyl (C=O) groups is 1. The first kappa shape index (κ1) is 16.7. The summed E-state index contributed by atoms with van der Waals surface area (Å²) in [6, 6.07) is 0. The topological polar surface area (TPSA) is 68.6 Å². The van der Waals surface area contributed by atoms with Crippen molar-refractivity contribution >= 4 is 5.97 Å². The molecule has 0 aromatic carbocycles. The molecule has 0 aliphatic carbocycles. The van der Waals surface area contributed by atoms with Gasteiger partial charge in [-0.05, 0) is 6.92 Å². The average Bonchev–Trinajstić information content (AvgIpc) is 0.811. The van der Waals surface area contributed by atoms with Gasteiger partial charge in [-0.15, -0.1) is 0 Å². The molecule has 0 aliphatic rings. The van der Waals surface area contributed by atoms with Crippen LogP contribution in [0.3, 0.4) is 0 Å². The number of carboxylic acid groups (broad SMARTS) is 1. The van der Waals surface area contributed by atoms with Gasteiger partial charge in [0.25, 0.3) is 0 Å². The molecule has 0 fully saturated rings. The van der Waals surface area contributed by atoms with Crippen LogP contribution in [-0.4, -0.2) is 5.97 Å². The van der Waals surface area contributed by atoms with Crippen LogP contribution in [0.15, 0.2) is 0 Å². The molecule has 32 valence electrons. The van der Waals surface area contributed by atoms with Crippen LogP contribution in [0.1, 0.15) is 6.92 Å². The maximum atomic E-state index is 8.89. The zero-order valence-electron chi connectivity index (χ0n) is 3.13. The van der Waals surface area contributed by atoms with E-state index in [2.05, 4.69) is 0 Å². The van der Waals surface area contributed by atoms with Gasteiger partial charge in [-0.2, -0.15) is 0 Å². The number of aliphatic carboxylic acids is 1. The summed E-state index contributed by atoms with van der Waals surface area (Å²) < 4.78 is 0. The van der Waals surface area contributed by atoms with Crippen LogP contribution < -0.4 is 5.11 Å². The Morgan fingerprint density at radius 2 is 1.67 bits per heavy atom. The number of carboxylic acids is 1. The summed E-state index contributed by atoms with van der Waals surface area (Å²) in [5, 5.41) is 8.89. The van der Waals surface area contributed by atoms with Crippen LogP contribution >= 0.6 is 0 Å². The normalized spacial score (nSPS) is 4.17. The van der Waals surface area contributed by atoms with Gasteiger partial charge in [0.15, 0.2) is 0 Å². The Morgan fingerprint density at radius 1 is 1.67 bits per heavy atom. The van der Waals surface area contributed by atoms with Gasteiger partial charge >= 0.3 is 17.4 Å². The zero-order chi connectivity index (χ0) is 3.58. The summed E-state index contributed by atoms with van der Waals surface area (Å²) in [5.41, 5.74) is 0. The summed E-state index contributed by atoms with van der Waals surface area (Å²) in [4.78, 5) is 8.89. The van der Waals surface area contributed by atoms with Gasteiger partial charge < -0.3 is 15.4 Å². The van der Waals surface area contributed by atoms with Gasteiger partial charge in [-0.1, -0.05) is 0 Å². The minimum atomic E-state index is -1.08. The van der Waals surface area contributed by atoms with Gasteiger partial charge in [-0.3, -0.25) is 0 Å². The second kappa shape index (κ2) is 8.88. The van der Waals surface area contributed by atoms with Gasteiger partial charge in [-0.25, -0.2) is 0 Å². The zero-order valence-corrected chi connectivity index (χ0v) is 4.41. The molecule has 3 nitrogen and oxygen atoms in total. The van der Waals surface area contributed by atoms with Gasteiger partial charge in [0.05, 0.1) is 0 Å². The third kappa shape index (κ3) is 24700. The molecular formula is C2H3CrO3+3. The fourth-order valence-electron chi connectivity index (χ4n) is 0. The molecule has 0 N–H and O–H groups in total. The monoisotopic (exact) mass is 127 g/mol. The van der Waals surface area contributed by atoms with Crippen molar-refractivity contribution in [3.8, 4) is 0 Å². The second-order valence-electron chi connectivity index (χ2n) is 0.492. The van der Waals surface area contributed by atoms with Crippen molar-refractivity contribution in [3.05, 3.63) is 0 Å². The number of carbonyl (C=O) groups excluding carboxylic acids is 1. The van der Waals surface area contributed by atoms with Crippen molar-refractivity contribution < 1.29 is 32.7 Å². The Kier molecular flexibility index (Phi) is 24.8. The standard InChI is InChI=1S/C2H4O2.Cr.O/c1-2(3)4;;/h1H3,(H,3,4);;/q;+6;-2/p-1. The average molecular weight is 127 g/mol. The Balaban J connectivity index is -0.0000000450. The Bertz CT molecular complexity index is 31.8. The minimum Gasteiger partial charge on any atom is -2.00 e. The molecule has 0 saturated heterocycles. The summed E-state index contributed by atoms with van der Waals surface area (Å²) in [5.74, 6) is -1.08. The van der Waals surface area contributed by atoms with E-state index < -0.39 is 5.97 Å². The Morgan fingerprint density at radius 3 is 1.67 bits per heavy atom. The minimum absolute atomic E-state index is 0. The molecular weight excluding hydrogens is 124 g/mol. The summed E-state index contributed by atoms with van der Waals surface area (Å²) in [7, 11) is 0. The van der Waals surface area contributed by atoms with E-state index >= 15 is 0 Å². The molecule has 0 heterocycles. The molecule has 0 spiro atoms. The SMILES string of the molecule is CC(=O)[O-].[Cr+6].[O-2]. The van der Waals surface area contributed by atoms with Gasteiger partial charge in [0.1, 0.15) is 0 Å². The molecule has 0 bridgehead atoms. The van der Waals surface area contributed by atoms with Crippen LogP contribution in [0.5, 0.6) is 0 Å². The molecule has 0 atom stereocenters. The molecule has 0 unspecified atom stereocenters. The molecule has 0 radical (unpaired) electrons. The van der Waals surface area contributed by atoms with E-state index in [-0.39, 0.29) is 22.8 Å². The molecule has 0 amide bonds. The van der Waals surface area contributed by atoms with Crippen LogP contribution in [-0.2, 0) is 27.6 Å². The van der Waals surface area contributed by atoms with E-state index in [9.17, 15) is 0 Å². The third-order valence-electron chi connectivity index (χ3n) is 0. The van der Waals surface area contributed by atoms with Crippen LogP contribution in [0, 0.1) is 0 Å².